The molecule has 5 heteroatoms. The molecule has 1 aliphatic rings. The molecule has 0 spiro atoms. The number of rotatable bonds is 3. The monoisotopic (exact) mass is 250 g/mol. The van der Waals surface area contributed by atoms with Gasteiger partial charge in [0.15, 0.2) is 0 Å². The summed E-state index contributed by atoms with van der Waals surface area (Å²) in [5.74, 6) is 0.335. The standard InChI is InChI=1S/C12H14N2O2S/c1-17-7-9-11(15)14-10(12(16)13-9)8-5-3-2-4-6-8/h2-6,9-10H,7H2,1H3,(H,13,16)(H,14,15)/t9-,10+/m0/s1. The zero-order valence-corrected chi connectivity index (χ0v) is 10.3. The molecule has 4 nitrogen and oxygen atoms in total. The number of carbonyl (C=O) groups is 2. The highest BCUT2D eigenvalue weighted by Crippen LogP contribution is 2.16. The molecule has 1 aromatic rings. The maximum atomic E-state index is 11.9. The molecule has 2 rings (SSSR count). The van der Waals surface area contributed by atoms with Gasteiger partial charge >= 0.3 is 0 Å². The number of thioether (sulfide) groups is 1. The van der Waals surface area contributed by atoms with Crippen molar-refractivity contribution in [1.82, 2.24) is 10.6 Å². The van der Waals surface area contributed by atoms with E-state index in [4.69, 9.17) is 0 Å². The third-order valence-electron chi connectivity index (χ3n) is 2.65. The van der Waals surface area contributed by atoms with E-state index >= 15 is 0 Å². The minimum Gasteiger partial charge on any atom is -0.341 e. The number of nitrogens with one attached hydrogen (secondary N) is 2. The Morgan fingerprint density at radius 1 is 1.12 bits per heavy atom. The molecule has 1 saturated heterocycles. The quantitative estimate of drug-likeness (QED) is 0.830. The predicted molar refractivity (Wildman–Crippen MR) is 67.6 cm³/mol. The molecule has 0 saturated carbocycles. The minimum atomic E-state index is -0.568. The molecular weight excluding hydrogens is 236 g/mol. The van der Waals surface area contributed by atoms with E-state index in [2.05, 4.69) is 10.6 Å². The van der Waals surface area contributed by atoms with Crippen LogP contribution in [0.3, 0.4) is 0 Å². The van der Waals surface area contributed by atoms with Crippen molar-refractivity contribution in [2.45, 2.75) is 12.1 Å². The predicted octanol–water partition coefficient (Wildman–Crippen LogP) is 0.705. The number of benzene rings is 1. The first-order chi connectivity index (χ1) is 8.22. The third-order valence-corrected chi connectivity index (χ3v) is 3.31. The number of hydrogen-bond donors (Lipinski definition) is 2. The number of piperazine rings is 1. The van der Waals surface area contributed by atoms with E-state index in [1.165, 1.54) is 11.8 Å². The number of carbonyl (C=O) groups excluding carboxylic acids is 2. The molecule has 0 unspecified atom stereocenters. The number of hydrogen-bond acceptors (Lipinski definition) is 3. The van der Waals surface area contributed by atoms with Crippen LogP contribution in [0, 0.1) is 0 Å². The van der Waals surface area contributed by atoms with Crippen LogP contribution in [0.5, 0.6) is 0 Å². The lowest BCUT2D eigenvalue weighted by Gasteiger charge is -2.29. The molecule has 0 bridgehead atoms. The van der Waals surface area contributed by atoms with E-state index in [0.29, 0.717) is 5.75 Å². The summed E-state index contributed by atoms with van der Waals surface area (Å²) in [5.41, 5.74) is 0.806. The summed E-state index contributed by atoms with van der Waals surface area (Å²) >= 11 is 1.54. The summed E-state index contributed by atoms with van der Waals surface area (Å²) < 4.78 is 0. The molecule has 1 aromatic carbocycles. The topological polar surface area (TPSA) is 58.2 Å². The maximum absolute atomic E-state index is 11.9. The Kier molecular flexibility index (Phi) is 3.68. The first-order valence-corrected chi connectivity index (χ1v) is 6.76. The molecule has 0 aliphatic carbocycles. The van der Waals surface area contributed by atoms with Crippen LogP contribution in [0.25, 0.3) is 0 Å². The van der Waals surface area contributed by atoms with E-state index in [-0.39, 0.29) is 11.8 Å². The van der Waals surface area contributed by atoms with Crippen LogP contribution < -0.4 is 10.6 Å². The van der Waals surface area contributed by atoms with Gasteiger partial charge < -0.3 is 10.6 Å². The second kappa shape index (κ2) is 5.23. The summed E-state index contributed by atoms with van der Waals surface area (Å²) in [6, 6.07) is 8.26. The lowest BCUT2D eigenvalue weighted by molar-refractivity contribution is -0.136. The van der Waals surface area contributed by atoms with Gasteiger partial charge in [-0.15, -0.1) is 0 Å². The average molecular weight is 250 g/mol. The fraction of sp³-hybridized carbons (Fsp3) is 0.333. The van der Waals surface area contributed by atoms with Gasteiger partial charge in [0, 0.05) is 5.75 Å². The Morgan fingerprint density at radius 2 is 1.82 bits per heavy atom. The van der Waals surface area contributed by atoms with Crippen LogP contribution in [0.15, 0.2) is 30.3 Å². The SMILES string of the molecule is CSC[C@@H]1NC(=O)[C@@H](c2ccccc2)NC1=O. The van der Waals surface area contributed by atoms with E-state index in [1.54, 1.807) is 0 Å². The van der Waals surface area contributed by atoms with Crippen LogP contribution in [-0.2, 0) is 9.59 Å². The van der Waals surface area contributed by atoms with E-state index in [1.807, 2.05) is 36.6 Å². The highest BCUT2D eigenvalue weighted by molar-refractivity contribution is 7.98. The highest BCUT2D eigenvalue weighted by atomic mass is 32.2. The molecule has 2 amide bonds. The van der Waals surface area contributed by atoms with Crippen molar-refractivity contribution >= 4 is 23.6 Å². The fourth-order valence-corrected chi connectivity index (χ4v) is 2.36. The zero-order chi connectivity index (χ0) is 12.3. The molecule has 0 radical (unpaired) electrons. The summed E-state index contributed by atoms with van der Waals surface area (Å²) in [6.07, 6.45) is 1.91. The average Bonchev–Trinajstić information content (AvgIpc) is 2.35. The Labute approximate surface area is 104 Å². The molecule has 1 aliphatic heterocycles. The van der Waals surface area contributed by atoms with Crippen LogP contribution in [0.4, 0.5) is 0 Å². The summed E-state index contributed by atoms with van der Waals surface area (Å²) in [4.78, 5) is 23.7. The second-order valence-corrected chi connectivity index (χ2v) is 4.78. The molecule has 2 N–H and O–H groups in total. The van der Waals surface area contributed by atoms with Crippen LogP contribution in [0.1, 0.15) is 11.6 Å². The number of amides is 2. The van der Waals surface area contributed by atoms with Gasteiger partial charge in [-0.2, -0.15) is 11.8 Å². The molecule has 0 aromatic heterocycles. The summed E-state index contributed by atoms with van der Waals surface area (Å²) in [7, 11) is 0. The Morgan fingerprint density at radius 3 is 2.47 bits per heavy atom. The van der Waals surface area contributed by atoms with E-state index in [0.717, 1.165) is 5.56 Å². The molecule has 1 fully saturated rings. The van der Waals surface area contributed by atoms with Crippen molar-refractivity contribution in [3.8, 4) is 0 Å². The third kappa shape index (κ3) is 2.61. The summed E-state index contributed by atoms with van der Waals surface area (Å²) in [5, 5.41) is 5.50. The lowest BCUT2D eigenvalue weighted by atomic mass is 10.0. The van der Waals surface area contributed by atoms with Crippen LogP contribution >= 0.6 is 11.8 Å². The van der Waals surface area contributed by atoms with Gasteiger partial charge in [0.1, 0.15) is 12.1 Å². The molecule has 1 heterocycles. The zero-order valence-electron chi connectivity index (χ0n) is 9.47. The van der Waals surface area contributed by atoms with Crippen molar-refractivity contribution in [3.05, 3.63) is 35.9 Å². The second-order valence-electron chi connectivity index (χ2n) is 3.87. The first-order valence-electron chi connectivity index (χ1n) is 5.37. The van der Waals surface area contributed by atoms with Crippen LogP contribution in [0.2, 0.25) is 0 Å². The Bertz CT molecular complexity index is 422. The first kappa shape index (κ1) is 12.0. The maximum Gasteiger partial charge on any atom is 0.247 e. The minimum absolute atomic E-state index is 0.118. The van der Waals surface area contributed by atoms with Gasteiger partial charge in [-0.1, -0.05) is 30.3 Å². The molecule has 2 atom stereocenters. The van der Waals surface area contributed by atoms with Gasteiger partial charge in [-0.25, -0.2) is 0 Å². The molecule has 17 heavy (non-hydrogen) atoms. The lowest BCUT2D eigenvalue weighted by Crippen LogP contribution is -2.58. The van der Waals surface area contributed by atoms with E-state index < -0.39 is 12.1 Å². The van der Waals surface area contributed by atoms with Crippen molar-refractivity contribution in [3.63, 3.8) is 0 Å². The van der Waals surface area contributed by atoms with Crippen molar-refractivity contribution in [1.29, 1.82) is 0 Å². The van der Waals surface area contributed by atoms with Crippen molar-refractivity contribution < 1.29 is 9.59 Å². The Hall–Kier alpha value is -1.49. The normalized spacial score (nSPS) is 24.1. The molecule has 90 valence electrons. The molecular formula is C12H14N2O2S. The highest BCUT2D eigenvalue weighted by Gasteiger charge is 2.33. The van der Waals surface area contributed by atoms with Gasteiger partial charge in [-0.05, 0) is 11.8 Å². The smallest absolute Gasteiger partial charge is 0.247 e. The largest absolute Gasteiger partial charge is 0.341 e. The van der Waals surface area contributed by atoms with Gasteiger partial charge in [0.25, 0.3) is 0 Å². The van der Waals surface area contributed by atoms with Gasteiger partial charge in [0.05, 0.1) is 0 Å². The van der Waals surface area contributed by atoms with Gasteiger partial charge in [-0.3, -0.25) is 9.59 Å². The summed E-state index contributed by atoms with van der Waals surface area (Å²) in [6.45, 7) is 0. The fourth-order valence-electron chi connectivity index (χ4n) is 1.79. The van der Waals surface area contributed by atoms with Crippen molar-refractivity contribution in [2.75, 3.05) is 12.0 Å². The Balaban J connectivity index is 2.13. The van der Waals surface area contributed by atoms with Crippen LogP contribution in [-0.4, -0.2) is 29.9 Å². The van der Waals surface area contributed by atoms with Gasteiger partial charge in [0.2, 0.25) is 11.8 Å². The van der Waals surface area contributed by atoms with Crippen molar-refractivity contribution in [2.24, 2.45) is 0 Å². The van der Waals surface area contributed by atoms with E-state index in [9.17, 15) is 9.59 Å².